The fourth-order valence-corrected chi connectivity index (χ4v) is 4.80. The molecular formula is C25H33N5O5. The van der Waals surface area contributed by atoms with Crippen molar-refractivity contribution >= 4 is 23.5 Å². The Kier molecular flexibility index (Phi) is 8.33. The van der Waals surface area contributed by atoms with Gasteiger partial charge < -0.3 is 20.5 Å². The number of ether oxygens (including phenoxy) is 1. The molecule has 0 aliphatic heterocycles. The number of aromatic carboxylic acids is 1. The predicted molar refractivity (Wildman–Crippen MR) is 128 cm³/mol. The van der Waals surface area contributed by atoms with Crippen LogP contribution >= 0.6 is 0 Å². The number of nitrogens with one attached hydrogen (secondary N) is 2. The lowest BCUT2D eigenvalue weighted by Crippen LogP contribution is -2.39. The van der Waals surface area contributed by atoms with E-state index in [1.54, 1.807) is 18.2 Å². The number of rotatable bonds is 9. The second-order valence-corrected chi connectivity index (χ2v) is 9.39. The SMILES string of the molecule is O=C(Cn1nc(C(=O)O)nc1C(=O)Nc1ccccc1OCC1CCCCC1)NC1CCCCC1. The largest absolute Gasteiger partial charge is 0.491 e. The van der Waals surface area contributed by atoms with Gasteiger partial charge in [0.1, 0.15) is 12.3 Å². The van der Waals surface area contributed by atoms with Gasteiger partial charge >= 0.3 is 5.97 Å². The third kappa shape index (κ3) is 6.80. The first kappa shape index (κ1) is 24.7. The molecular weight excluding hydrogens is 450 g/mol. The van der Waals surface area contributed by atoms with E-state index >= 15 is 0 Å². The minimum absolute atomic E-state index is 0.0872. The van der Waals surface area contributed by atoms with Gasteiger partial charge in [0, 0.05) is 6.04 Å². The van der Waals surface area contributed by atoms with Crippen molar-refractivity contribution in [3.63, 3.8) is 0 Å². The van der Waals surface area contributed by atoms with Crippen LogP contribution in [-0.4, -0.2) is 50.3 Å². The molecule has 3 N–H and O–H groups in total. The fraction of sp³-hybridized carbons (Fsp3) is 0.560. The van der Waals surface area contributed by atoms with E-state index in [1.807, 2.05) is 6.07 Å². The molecule has 10 heteroatoms. The number of hydrogen-bond acceptors (Lipinski definition) is 6. The van der Waals surface area contributed by atoms with Crippen LogP contribution in [0, 0.1) is 5.92 Å². The molecule has 0 atom stereocenters. The molecule has 0 unspecified atom stereocenters. The standard InChI is InChI=1S/C25H33N5O5/c31-21(26-18-11-5-2-6-12-18)15-30-23(28-22(29-30)25(33)34)24(32)27-19-13-7-8-14-20(19)35-16-17-9-3-1-4-10-17/h7-8,13-14,17-18H,1-6,9-12,15-16H2,(H,26,31)(H,27,32)(H,33,34). The summed E-state index contributed by atoms with van der Waals surface area (Å²) in [6.45, 7) is 0.285. The molecule has 188 valence electrons. The smallest absolute Gasteiger partial charge is 0.375 e. The van der Waals surface area contributed by atoms with Crippen molar-refractivity contribution < 1.29 is 24.2 Å². The van der Waals surface area contributed by atoms with Gasteiger partial charge in [-0.2, -0.15) is 4.98 Å². The summed E-state index contributed by atoms with van der Waals surface area (Å²) in [6.07, 6.45) is 11.1. The quantitative estimate of drug-likeness (QED) is 0.495. The number of nitrogens with zero attached hydrogens (tertiary/aromatic N) is 3. The van der Waals surface area contributed by atoms with Gasteiger partial charge in [-0.25, -0.2) is 9.48 Å². The number of carboxylic acids is 1. The van der Waals surface area contributed by atoms with E-state index < -0.39 is 17.7 Å². The van der Waals surface area contributed by atoms with Crippen LogP contribution in [0.1, 0.15) is 85.4 Å². The second kappa shape index (κ2) is 11.8. The maximum Gasteiger partial charge on any atom is 0.375 e. The van der Waals surface area contributed by atoms with Crippen molar-refractivity contribution in [1.82, 2.24) is 20.1 Å². The highest BCUT2D eigenvalue weighted by Gasteiger charge is 2.24. The number of carbonyl (C=O) groups excluding carboxylic acids is 2. The molecule has 1 aromatic heterocycles. The normalized spacial score (nSPS) is 17.0. The van der Waals surface area contributed by atoms with Crippen molar-refractivity contribution in [3.05, 3.63) is 35.9 Å². The number of aromatic nitrogens is 3. The zero-order valence-electron chi connectivity index (χ0n) is 19.9. The highest BCUT2D eigenvalue weighted by molar-refractivity contribution is 6.03. The molecule has 1 heterocycles. The van der Waals surface area contributed by atoms with Crippen molar-refractivity contribution in [1.29, 1.82) is 0 Å². The van der Waals surface area contributed by atoms with Gasteiger partial charge in [0.15, 0.2) is 0 Å². The zero-order valence-corrected chi connectivity index (χ0v) is 19.9. The van der Waals surface area contributed by atoms with Gasteiger partial charge in [-0.15, -0.1) is 5.10 Å². The van der Waals surface area contributed by atoms with Crippen LogP contribution in [0.5, 0.6) is 5.75 Å². The van der Waals surface area contributed by atoms with E-state index in [2.05, 4.69) is 20.7 Å². The summed E-state index contributed by atoms with van der Waals surface area (Å²) in [7, 11) is 0. The molecule has 0 spiro atoms. The number of benzene rings is 1. The zero-order chi connectivity index (χ0) is 24.6. The lowest BCUT2D eigenvalue weighted by molar-refractivity contribution is -0.122. The van der Waals surface area contributed by atoms with E-state index in [4.69, 9.17) is 4.74 Å². The van der Waals surface area contributed by atoms with Crippen LogP contribution in [0.3, 0.4) is 0 Å². The van der Waals surface area contributed by atoms with Crippen molar-refractivity contribution in [2.75, 3.05) is 11.9 Å². The van der Waals surface area contributed by atoms with E-state index in [0.717, 1.165) is 49.6 Å². The first-order valence-electron chi connectivity index (χ1n) is 12.5. The number of hydrogen-bond donors (Lipinski definition) is 3. The van der Waals surface area contributed by atoms with E-state index in [0.29, 0.717) is 24.0 Å². The summed E-state index contributed by atoms with van der Waals surface area (Å²) in [6, 6.07) is 7.18. The monoisotopic (exact) mass is 483 g/mol. The number of anilines is 1. The van der Waals surface area contributed by atoms with Crippen LogP contribution < -0.4 is 15.4 Å². The van der Waals surface area contributed by atoms with Crippen LogP contribution in [0.25, 0.3) is 0 Å². The van der Waals surface area contributed by atoms with Gasteiger partial charge in [-0.3, -0.25) is 9.59 Å². The van der Waals surface area contributed by atoms with Gasteiger partial charge in [0.05, 0.1) is 12.3 Å². The lowest BCUT2D eigenvalue weighted by atomic mass is 9.90. The minimum Gasteiger partial charge on any atom is -0.491 e. The Hall–Kier alpha value is -3.43. The number of para-hydroxylation sites is 2. The van der Waals surface area contributed by atoms with Crippen molar-refractivity contribution in [2.24, 2.45) is 5.92 Å². The van der Waals surface area contributed by atoms with Crippen LogP contribution in [0.2, 0.25) is 0 Å². The third-order valence-electron chi connectivity index (χ3n) is 6.66. The molecule has 10 nitrogen and oxygen atoms in total. The maximum absolute atomic E-state index is 13.1. The Balaban J connectivity index is 1.45. The van der Waals surface area contributed by atoms with E-state index in [1.165, 1.54) is 19.3 Å². The Bertz CT molecular complexity index is 1040. The fourth-order valence-electron chi connectivity index (χ4n) is 4.80. The first-order chi connectivity index (χ1) is 17.0. The van der Waals surface area contributed by atoms with Gasteiger partial charge in [0.2, 0.25) is 11.7 Å². The van der Waals surface area contributed by atoms with E-state index in [-0.39, 0.29) is 24.3 Å². The molecule has 0 radical (unpaired) electrons. The molecule has 2 amide bonds. The van der Waals surface area contributed by atoms with Gasteiger partial charge in [-0.05, 0) is 43.7 Å². The predicted octanol–water partition coefficient (Wildman–Crippen LogP) is 3.64. The van der Waals surface area contributed by atoms with E-state index in [9.17, 15) is 19.5 Å². The van der Waals surface area contributed by atoms with Crippen molar-refractivity contribution in [3.8, 4) is 5.75 Å². The Morgan fingerprint density at radius 3 is 2.40 bits per heavy atom. The van der Waals surface area contributed by atoms with Crippen LogP contribution in [0.15, 0.2) is 24.3 Å². The molecule has 0 bridgehead atoms. The average molecular weight is 484 g/mol. The first-order valence-corrected chi connectivity index (χ1v) is 12.5. The molecule has 4 rings (SSSR count). The molecule has 2 saturated carbocycles. The molecule has 2 aliphatic carbocycles. The summed E-state index contributed by atoms with van der Waals surface area (Å²) in [5.74, 6) is -2.12. The second-order valence-electron chi connectivity index (χ2n) is 9.39. The average Bonchev–Trinajstić information content (AvgIpc) is 3.29. The van der Waals surface area contributed by atoms with Gasteiger partial charge in [0.25, 0.3) is 11.7 Å². The summed E-state index contributed by atoms with van der Waals surface area (Å²) in [4.78, 5) is 41.0. The highest BCUT2D eigenvalue weighted by Crippen LogP contribution is 2.28. The molecule has 2 fully saturated rings. The highest BCUT2D eigenvalue weighted by atomic mass is 16.5. The number of carbonyl (C=O) groups is 3. The summed E-state index contributed by atoms with van der Waals surface area (Å²) >= 11 is 0. The van der Waals surface area contributed by atoms with Crippen LogP contribution in [-0.2, 0) is 11.3 Å². The maximum atomic E-state index is 13.1. The molecule has 2 aromatic rings. The van der Waals surface area contributed by atoms with Crippen LogP contribution in [0.4, 0.5) is 5.69 Å². The Labute approximate surface area is 204 Å². The third-order valence-corrected chi connectivity index (χ3v) is 6.66. The number of amides is 2. The minimum atomic E-state index is -1.37. The summed E-state index contributed by atoms with van der Waals surface area (Å²) in [5.41, 5.74) is 0.450. The van der Waals surface area contributed by atoms with Gasteiger partial charge in [-0.1, -0.05) is 50.7 Å². The molecule has 0 saturated heterocycles. The Morgan fingerprint density at radius 1 is 1.00 bits per heavy atom. The van der Waals surface area contributed by atoms with Crippen molar-refractivity contribution in [2.45, 2.75) is 76.8 Å². The topological polar surface area (TPSA) is 135 Å². The lowest BCUT2D eigenvalue weighted by Gasteiger charge is -2.23. The summed E-state index contributed by atoms with van der Waals surface area (Å²) in [5, 5.41) is 18.9. The number of carboxylic acid groups (broad SMARTS) is 1. The summed E-state index contributed by atoms with van der Waals surface area (Å²) < 4.78 is 7.06. The molecule has 1 aromatic carbocycles. The molecule has 35 heavy (non-hydrogen) atoms. The molecule has 2 aliphatic rings. The Morgan fingerprint density at radius 2 is 1.69 bits per heavy atom.